The van der Waals surface area contributed by atoms with Crippen molar-refractivity contribution in [3.63, 3.8) is 0 Å². The smallest absolute Gasteiger partial charge is 0.316 e. The molecular weight excluding hydrogens is 280 g/mol. The molecule has 5 nitrogen and oxygen atoms in total. The first kappa shape index (κ1) is 15.0. The van der Waals surface area contributed by atoms with Crippen molar-refractivity contribution in [2.75, 3.05) is 24.5 Å². The second-order valence-electron chi connectivity index (χ2n) is 6.42. The minimum Gasteiger partial charge on any atom is -0.391 e. The van der Waals surface area contributed by atoms with Crippen LogP contribution in [0.2, 0.25) is 0 Å². The Balaban J connectivity index is 1.75. The zero-order valence-electron chi connectivity index (χ0n) is 13.1. The fraction of sp³-hybridized carbons (Fsp3) is 0.529. The number of β-amino-alcohol motifs (C(OH)–C–C–N with tert-alkyl or cyclic N) is 1. The Bertz CT molecular complexity index is 614. The van der Waals surface area contributed by atoms with E-state index in [9.17, 15) is 14.7 Å². The summed E-state index contributed by atoms with van der Waals surface area (Å²) in [5.74, 6) is -0.805. The van der Waals surface area contributed by atoms with Gasteiger partial charge in [-0.05, 0) is 42.9 Å². The summed E-state index contributed by atoms with van der Waals surface area (Å²) < 4.78 is 0. The fourth-order valence-electron chi connectivity index (χ4n) is 3.18. The van der Waals surface area contributed by atoms with Gasteiger partial charge in [-0.15, -0.1) is 0 Å². The molecule has 1 aromatic carbocycles. The molecule has 2 atom stereocenters. The van der Waals surface area contributed by atoms with Crippen LogP contribution in [0.3, 0.4) is 0 Å². The van der Waals surface area contributed by atoms with Gasteiger partial charge in [-0.1, -0.05) is 19.1 Å². The van der Waals surface area contributed by atoms with E-state index in [2.05, 4.69) is 0 Å². The summed E-state index contributed by atoms with van der Waals surface area (Å²) in [6.07, 6.45) is 0.975. The van der Waals surface area contributed by atoms with Gasteiger partial charge in [0.2, 0.25) is 0 Å². The molecule has 1 N–H and O–H groups in total. The van der Waals surface area contributed by atoms with Gasteiger partial charge >= 0.3 is 11.8 Å². The lowest BCUT2D eigenvalue weighted by Crippen LogP contribution is -2.51. The number of aliphatic hydroxyl groups is 1. The van der Waals surface area contributed by atoms with Crippen LogP contribution in [0.25, 0.3) is 0 Å². The SMILES string of the molecule is Cc1ccc2c(c1)N(C(=O)C(=O)N1CCC(C)C(O)C1)CC2. The normalized spacial score (nSPS) is 24.3. The van der Waals surface area contributed by atoms with E-state index in [1.165, 1.54) is 4.90 Å². The Morgan fingerprint density at radius 2 is 2.00 bits per heavy atom. The Hall–Kier alpha value is -1.88. The number of fused-ring (bicyclic) bond motifs is 1. The maximum atomic E-state index is 12.6. The molecule has 22 heavy (non-hydrogen) atoms. The predicted molar refractivity (Wildman–Crippen MR) is 83.6 cm³/mol. The van der Waals surface area contributed by atoms with Gasteiger partial charge in [0.25, 0.3) is 0 Å². The van der Waals surface area contributed by atoms with E-state index in [0.717, 1.165) is 29.7 Å². The molecule has 1 saturated heterocycles. The number of hydrogen-bond donors (Lipinski definition) is 1. The van der Waals surface area contributed by atoms with Crippen LogP contribution < -0.4 is 4.90 Å². The van der Waals surface area contributed by atoms with E-state index >= 15 is 0 Å². The molecule has 1 aromatic rings. The third kappa shape index (κ3) is 2.61. The molecule has 2 aliphatic rings. The highest BCUT2D eigenvalue weighted by molar-refractivity contribution is 6.40. The Labute approximate surface area is 130 Å². The van der Waals surface area contributed by atoms with Crippen LogP contribution in [-0.2, 0) is 16.0 Å². The summed E-state index contributed by atoms with van der Waals surface area (Å²) >= 11 is 0. The van der Waals surface area contributed by atoms with Crippen LogP contribution in [0.1, 0.15) is 24.5 Å². The Kier molecular flexibility index (Phi) is 3.91. The van der Waals surface area contributed by atoms with Crippen LogP contribution in [0, 0.1) is 12.8 Å². The minimum atomic E-state index is -0.543. The number of likely N-dealkylation sites (tertiary alicyclic amines) is 1. The number of carbonyl (C=O) groups is 2. The lowest BCUT2D eigenvalue weighted by Gasteiger charge is -2.34. The molecule has 2 heterocycles. The standard InChI is InChI=1S/C17H22N2O3/c1-11-3-4-13-6-8-19(14(13)9-11)17(22)16(21)18-7-5-12(2)15(20)10-18/h3-4,9,12,15,20H,5-8,10H2,1-2H3. The maximum Gasteiger partial charge on any atom is 0.316 e. The molecule has 2 amide bonds. The first-order valence-corrected chi connectivity index (χ1v) is 7.85. The number of nitrogens with zero attached hydrogens (tertiary/aromatic N) is 2. The van der Waals surface area contributed by atoms with E-state index in [4.69, 9.17) is 0 Å². The highest BCUT2D eigenvalue weighted by Crippen LogP contribution is 2.29. The second kappa shape index (κ2) is 5.72. The molecule has 0 saturated carbocycles. The molecule has 2 aliphatic heterocycles. The van der Waals surface area contributed by atoms with Gasteiger partial charge in [0.05, 0.1) is 6.10 Å². The average Bonchev–Trinajstić information content (AvgIpc) is 2.91. The number of amides is 2. The van der Waals surface area contributed by atoms with Gasteiger partial charge in [0.1, 0.15) is 0 Å². The number of carbonyl (C=O) groups excluding carboxylic acids is 2. The maximum absolute atomic E-state index is 12.6. The number of piperidine rings is 1. The second-order valence-corrected chi connectivity index (χ2v) is 6.42. The van der Waals surface area contributed by atoms with Crippen molar-refractivity contribution >= 4 is 17.5 Å². The van der Waals surface area contributed by atoms with Crippen LogP contribution in [0.5, 0.6) is 0 Å². The monoisotopic (exact) mass is 302 g/mol. The number of aliphatic hydroxyl groups excluding tert-OH is 1. The number of anilines is 1. The quantitative estimate of drug-likeness (QED) is 0.730. The zero-order chi connectivity index (χ0) is 15.9. The molecule has 0 spiro atoms. The van der Waals surface area contributed by atoms with Gasteiger partial charge in [-0.25, -0.2) is 0 Å². The topological polar surface area (TPSA) is 60.9 Å². The van der Waals surface area contributed by atoms with E-state index in [0.29, 0.717) is 13.1 Å². The van der Waals surface area contributed by atoms with Crippen LogP contribution >= 0.6 is 0 Å². The molecule has 0 radical (unpaired) electrons. The van der Waals surface area contributed by atoms with Gasteiger partial charge in [0, 0.05) is 25.3 Å². The lowest BCUT2D eigenvalue weighted by atomic mass is 9.96. The van der Waals surface area contributed by atoms with Crippen molar-refractivity contribution in [2.24, 2.45) is 5.92 Å². The zero-order valence-corrected chi connectivity index (χ0v) is 13.1. The summed E-state index contributed by atoms with van der Waals surface area (Å²) in [4.78, 5) is 28.1. The van der Waals surface area contributed by atoms with Gasteiger partial charge < -0.3 is 14.9 Å². The molecule has 2 unspecified atom stereocenters. The van der Waals surface area contributed by atoms with Crippen molar-refractivity contribution < 1.29 is 14.7 Å². The van der Waals surface area contributed by atoms with Crippen LogP contribution in [0.15, 0.2) is 18.2 Å². The Morgan fingerprint density at radius 1 is 1.23 bits per heavy atom. The van der Waals surface area contributed by atoms with Gasteiger partial charge in [-0.2, -0.15) is 0 Å². The molecular formula is C17H22N2O3. The van der Waals surface area contributed by atoms with E-state index in [1.54, 1.807) is 4.90 Å². The molecule has 3 rings (SSSR count). The number of hydrogen-bond acceptors (Lipinski definition) is 3. The van der Waals surface area contributed by atoms with Crippen molar-refractivity contribution in [3.8, 4) is 0 Å². The molecule has 5 heteroatoms. The van der Waals surface area contributed by atoms with Crippen molar-refractivity contribution in [1.29, 1.82) is 0 Å². The number of rotatable bonds is 0. The Morgan fingerprint density at radius 3 is 2.73 bits per heavy atom. The van der Waals surface area contributed by atoms with Crippen molar-refractivity contribution in [1.82, 2.24) is 4.90 Å². The summed E-state index contributed by atoms with van der Waals surface area (Å²) in [5.41, 5.74) is 3.04. The van der Waals surface area contributed by atoms with Gasteiger partial charge in [-0.3, -0.25) is 9.59 Å². The third-order valence-electron chi connectivity index (χ3n) is 4.77. The summed E-state index contributed by atoms with van der Waals surface area (Å²) in [6, 6.07) is 6.01. The number of benzene rings is 1. The molecule has 0 aromatic heterocycles. The van der Waals surface area contributed by atoms with Crippen molar-refractivity contribution in [3.05, 3.63) is 29.3 Å². The molecule has 0 aliphatic carbocycles. The summed E-state index contributed by atoms with van der Waals surface area (Å²) in [7, 11) is 0. The van der Waals surface area contributed by atoms with E-state index in [-0.39, 0.29) is 12.5 Å². The highest BCUT2D eigenvalue weighted by atomic mass is 16.3. The number of aryl methyl sites for hydroxylation is 1. The van der Waals surface area contributed by atoms with E-state index in [1.807, 2.05) is 32.0 Å². The van der Waals surface area contributed by atoms with Crippen LogP contribution in [-0.4, -0.2) is 47.6 Å². The van der Waals surface area contributed by atoms with Crippen LogP contribution in [0.4, 0.5) is 5.69 Å². The highest BCUT2D eigenvalue weighted by Gasteiger charge is 2.35. The average molecular weight is 302 g/mol. The van der Waals surface area contributed by atoms with Gasteiger partial charge in [0.15, 0.2) is 0 Å². The summed E-state index contributed by atoms with van der Waals surface area (Å²) in [5, 5.41) is 9.92. The fourth-order valence-corrected chi connectivity index (χ4v) is 3.18. The molecule has 1 fully saturated rings. The first-order chi connectivity index (χ1) is 10.5. The molecule has 0 bridgehead atoms. The molecule has 118 valence electrons. The predicted octanol–water partition coefficient (Wildman–Crippen LogP) is 1.11. The summed E-state index contributed by atoms with van der Waals surface area (Å²) in [6.45, 7) is 5.28. The minimum absolute atomic E-state index is 0.175. The lowest BCUT2D eigenvalue weighted by molar-refractivity contribution is -0.147. The van der Waals surface area contributed by atoms with Crippen molar-refractivity contribution in [2.45, 2.75) is 32.8 Å². The third-order valence-corrected chi connectivity index (χ3v) is 4.77. The first-order valence-electron chi connectivity index (χ1n) is 7.85. The van der Waals surface area contributed by atoms with E-state index < -0.39 is 17.9 Å². The largest absolute Gasteiger partial charge is 0.391 e.